The Morgan fingerprint density at radius 1 is 1.39 bits per heavy atom. The number of rotatable bonds is 9. The summed E-state index contributed by atoms with van der Waals surface area (Å²) >= 11 is 6.28. The van der Waals surface area contributed by atoms with Crippen molar-refractivity contribution in [1.82, 2.24) is 4.57 Å². The van der Waals surface area contributed by atoms with Crippen LogP contribution >= 0.6 is 11.6 Å². The third-order valence-corrected chi connectivity index (χ3v) is 5.03. The number of nitrogens with two attached hydrogens (primary N) is 1. The molecule has 154 valence electrons. The molecule has 1 unspecified atom stereocenters. The molecule has 0 saturated heterocycles. The first kappa shape index (κ1) is 20.7. The van der Waals surface area contributed by atoms with E-state index in [-0.39, 0.29) is 37.9 Å². The topological polar surface area (TPSA) is 137 Å². The number of oxazole rings is 1. The van der Waals surface area contributed by atoms with Crippen molar-refractivity contribution >= 4 is 28.7 Å². The maximum Gasteiger partial charge on any atom is 0.420 e. The number of halogens is 1. The maximum atomic E-state index is 12.3. The minimum atomic E-state index is -1.86. The summed E-state index contributed by atoms with van der Waals surface area (Å²) in [7, 11) is 0. The van der Waals surface area contributed by atoms with Crippen molar-refractivity contribution in [3.8, 4) is 5.75 Å². The smallest absolute Gasteiger partial charge is 0.420 e. The van der Waals surface area contributed by atoms with Crippen LogP contribution in [0.1, 0.15) is 25.7 Å². The van der Waals surface area contributed by atoms with Crippen LogP contribution in [-0.2, 0) is 16.1 Å². The van der Waals surface area contributed by atoms with Gasteiger partial charge in [-0.1, -0.05) is 11.6 Å². The predicted molar refractivity (Wildman–Crippen MR) is 100 cm³/mol. The molecule has 0 radical (unpaired) electrons. The second-order valence-electron chi connectivity index (χ2n) is 6.90. The van der Waals surface area contributed by atoms with Crippen molar-refractivity contribution in [3.63, 3.8) is 0 Å². The van der Waals surface area contributed by atoms with Gasteiger partial charge in [0.1, 0.15) is 5.75 Å². The van der Waals surface area contributed by atoms with Crippen LogP contribution in [0.3, 0.4) is 0 Å². The molecule has 0 bridgehead atoms. The number of aromatic nitrogens is 1. The van der Waals surface area contributed by atoms with Crippen LogP contribution in [0.15, 0.2) is 21.3 Å². The van der Waals surface area contributed by atoms with Crippen LogP contribution in [0.2, 0.25) is 5.02 Å². The van der Waals surface area contributed by atoms with Gasteiger partial charge < -0.3 is 29.8 Å². The Bertz CT molecular complexity index is 905. The molecule has 2 aromatic rings. The lowest BCUT2D eigenvalue weighted by Gasteiger charge is -2.27. The Balaban J connectivity index is 1.87. The van der Waals surface area contributed by atoms with Gasteiger partial charge in [-0.3, -0.25) is 4.57 Å². The van der Waals surface area contributed by atoms with Crippen molar-refractivity contribution in [1.29, 1.82) is 0 Å². The number of carbonyl (C=O) groups is 1. The zero-order valence-electron chi connectivity index (χ0n) is 15.2. The van der Waals surface area contributed by atoms with E-state index in [1.165, 1.54) is 12.1 Å². The number of benzene rings is 1. The number of hydrogen-bond donors (Lipinski definition) is 3. The SMILES string of the molecule is NC(CO)(Cn1c(=O)oc2cc(OC3CCC3)c(Cl)cc21)C(=O)OCCCO. The van der Waals surface area contributed by atoms with Crippen LogP contribution in [-0.4, -0.2) is 52.2 Å². The first-order chi connectivity index (χ1) is 13.4. The highest BCUT2D eigenvalue weighted by molar-refractivity contribution is 6.32. The summed E-state index contributed by atoms with van der Waals surface area (Å²) in [5.41, 5.74) is 4.69. The summed E-state index contributed by atoms with van der Waals surface area (Å²) in [5, 5.41) is 18.7. The second-order valence-corrected chi connectivity index (χ2v) is 7.31. The largest absolute Gasteiger partial charge is 0.489 e. The fourth-order valence-electron chi connectivity index (χ4n) is 2.81. The molecule has 1 aliphatic rings. The molecular weight excluding hydrogens is 392 g/mol. The van der Waals surface area contributed by atoms with Gasteiger partial charge in [-0.05, 0) is 25.3 Å². The summed E-state index contributed by atoms with van der Waals surface area (Å²) < 4.78 is 17.1. The number of carbonyl (C=O) groups excluding carboxylic acids is 1. The second kappa shape index (κ2) is 8.52. The van der Waals surface area contributed by atoms with Gasteiger partial charge in [-0.25, -0.2) is 9.59 Å². The fourth-order valence-corrected chi connectivity index (χ4v) is 3.01. The Morgan fingerprint density at radius 3 is 2.75 bits per heavy atom. The molecule has 1 aromatic carbocycles. The third-order valence-electron chi connectivity index (χ3n) is 4.73. The zero-order chi connectivity index (χ0) is 20.3. The predicted octanol–water partition coefficient (Wildman–Crippen LogP) is 0.795. The van der Waals surface area contributed by atoms with Gasteiger partial charge in [0.05, 0.1) is 36.4 Å². The molecule has 1 atom stereocenters. The van der Waals surface area contributed by atoms with Crippen LogP contribution in [0.25, 0.3) is 11.1 Å². The maximum absolute atomic E-state index is 12.3. The molecule has 1 aromatic heterocycles. The zero-order valence-corrected chi connectivity index (χ0v) is 16.0. The van der Waals surface area contributed by atoms with E-state index in [1.807, 2.05) is 0 Å². The molecular formula is C18H23ClN2O7. The molecule has 1 aliphatic carbocycles. The molecule has 0 aliphatic heterocycles. The van der Waals surface area contributed by atoms with Gasteiger partial charge in [0.2, 0.25) is 0 Å². The van der Waals surface area contributed by atoms with Crippen molar-refractivity contribution in [3.05, 3.63) is 27.7 Å². The van der Waals surface area contributed by atoms with Gasteiger partial charge >= 0.3 is 11.7 Å². The van der Waals surface area contributed by atoms with Gasteiger partial charge in [-0.2, -0.15) is 0 Å². The number of hydrogen-bond acceptors (Lipinski definition) is 8. The van der Waals surface area contributed by atoms with Crippen LogP contribution in [0.5, 0.6) is 5.75 Å². The monoisotopic (exact) mass is 414 g/mol. The molecule has 10 heteroatoms. The number of ether oxygens (including phenoxy) is 2. The molecule has 0 spiro atoms. The van der Waals surface area contributed by atoms with Gasteiger partial charge in [0, 0.05) is 19.1 Å². The van der Waals surface area contributed by atoms with Crippen LogP contribution < -0.4 is 16.2 Å². The lowest BCUT2D eigenvalue weighted by molar-refractivity contribution is -0.152. The number of aliphatic hydroxyl groups excluding tert-OH is 2. The first-order valence-corrected chi connectivity index (χ1v) is 9.43. The molecule has 1 heterocycles. The summed E-state index contributed by atoms with van der Waals surface area (Å²) in [5.74, 6) is -1.22. The minimum Gasteiger partial charge on any atom is -0.489 e. The molecule has 1 saturated carbocycles. The number of nitrogens with zero attached hydrogens (tertiary/aromatic N) is 1. The summed E-state index contributed by atoms with van der Waals surface area (Å²) in [6.45, 7) is -1.32. The van der Waals surface area contributed by atoms with E-state index in [2.05, 4.69) is 0 Å². The third kappa shape index (κ3) is 4.17. The number of fused-ring (bicyclic) bond motifs is 1. The van der Waals surface area contributed by atoms with Gasteiger partial charge in [0.25, 0.3) is 0 Å². The van der Waals surface area contributed by atoms with E-state index in [0.717, 1.165) is 23.8 Å². The lowest BCUT2D eigenvalue weighted by Crippen LogP contribution is -2.56. The average molecular weight is 415 g/mol. The normalized spacial score (nSPS) is 16.6. The quantitative estimate of drug-likeness (QED) is 0.404. The van der Waals surface area contributed by atoms with Crippen molar-refractivity contribution in [2.45, 2.75) is 43.9 Å². The number of aliphatic hydroxyl groups is 2. The Kier molecular flexibility index (Phi) is 6.29. The molecule has 9 nitrogen and oxygen atoms in total. The van der Waals surface area contributed by atoms with Crippen molar-refractivity contribution < 1.29 is 28.9 Å². The molecule has 0 amide bonds. The van der Waals surface area contributed by atoms with E-state index >= 15 is 0 Å². The van der Waals surface area contributed by atoms with E-state index in [4.69, 9.17) is 36.3 Å². The highest BCUT2D eigenvalue weighted by Gasteiger charge is 2.37. The molecule has 3 rings (SSSR count). The summed E-state index contributed by atoms with van der Waals surface area (Å²) in [6.07, 6.45) is 3.34. The summed E-state index contributed by atoms with van der Waals surface area (Å²) in [4.78, 5) is 24.6. The molecule has 1 fully saturated rings. The van der Waals surface area contributed by atoms with Crippen LogP contribution in [0, 0.1) is 0 Å². The van der Waals surface area contributed by atoms with Crippen molar-refractivity contribution in [2.24, 2.45) is 5.73 Å². The Labute approximate surface area is 165 Å². The van der Waals surface area contributed by atoms with Crippen LogP contribution in [0.4, 0.5) is 0 Å². The first-order valence-electron chi connectivity index (χ1n) is 9.05. The van der Waals surface area contributed by atoms with Crippen molar-refractivity contribution in [2.75, 3.05) is 19.8 Å². The molecule has 4 N–H and O–H groups in total. The Hall–Kier alpha value is -2.07. The highest BCUT2D eigenvalue weighted by Crippen LogP contribution is 2.34. The van der Waals surface area contributed by atoms with E-state index < -0.39 is 23.9 Å². The van der Waals surface area contributed by atoms with E-state index in [0.29, 0.717) is 16.3 Å². The van der Waals surface area contributed by atoms with E-state index in [1.54, 1.807) is 0 Å². The number of esters is 1. The van der Waals surface area contributed by atoms with E-state index in [9.17, 15) is 14.7 Å². The van der Waals surface area contributed by atoms with Gasteiger partial charge in [-0.15, -0.1) is 0 Å². The standard InChI is InChI=1S/C18H23ClN2O7/c19-12-7-13-15(8-14(12)27-11-3-1-4-11)28-17(25)21(13)9-18(20,10-23)16(24)26-6-2-5-22/h7-8,11,22-23H,1-6,9-10,20H2. The lowest BCUT2D eigenvalue weighted by atomic mass is 9.96. The summed E-state index contributed by atoms with van der Waals surface area (Å²) in [6, 6.07) is 3.04. The average Bonchev–Trinajstić information content (AvgIpc) is 2.92. The Morgan fingerprint density at radius 2 is 2.14 bits per heavy atom. The highest BCUT2D eigenvalue weighted by atomic mass is 35.5. The fraction of sp³-hybridized carbons (Fsp3) is 0.556. The van der Waals surface area contributed by atoms with Gasteiger partial charge in [0.15, 0.2) is 11.1 Å². The molecule has 28 heavy (non-hydrogen) atoms. The minimum absolute atomic E-state index is 0.0526.